The summed E-state index contributed by atoms with van der Waals surface area (Å²) >= 11 is 0. The number of hydrogen-bond donors (Lipinski definition) is 1. The van der Waals surface area contributed by atoms with Crippen molar-refractivity contribution in [1.82, 2.24) is 5.32 Å². The Hall–Kier alpha value is -3.22. The number of nitrogens with one attached hydrogen (secondary N) is 1. The molecule has 0 aromatic heterocycles. The third-order valence-corrected chi connectivity index (χ3v) is 4.28. The van der Waals surface area contributed by atoms with Gasteiger partial charge < -0.3 is 24.3 Å². The van der Waals surface area contributed by atoms with Crippen molar-refractivity contribution in [3.05, 3.63) is 53.6 Å². The van der Waals surface area contributed by atoms with Crippen LogP contribution in [-0.2, 0) is 9.53 Å². The van der Waals surface area contributed by atoms with Gasteiger partial charge in [0.2, 0.25) is 0 Å². The first-order valence-electron chi connectivity index (χ1n) is 10.0. The maximum atomic E-state index is 13.0. The molecule has 1 unspecified atom stereocenters. The molecular weight excluding hydrogens is 386 g/mol. The fraction of sp³-hybridized carbons (Fsp3) is 0.391. The summed E-state index contributed by atoms with van der Waals surface area (Å²) in [6.07, 6.45) is 0.00208. The number of hydrogen-bond acceptors (Lipinski definition) is 6. The van der Waals surface area contributed by atoms with Crippen LogP contribution in [0.4, 0.5) is 0 Å². The average Bonchev–Trinajstić information content (AvgIpc) is 2.75. The van der Waals surface area contributed by atoms with Crippen LogP contribution >= 0.6 is 0 Å². The zero-order valence-corrected chi connectivity index (χ0v) is 17.9. The Morgan fingerprint density at radius 1 is 0.933 bits per heavy atom. The first-order chi connectivity index (χ1) is 14.5. The predicted molar refractivity (Wildman–Crippen MR) is 113 cm³/mol. The van der Waals surface area contributed by atoms with Gasteiger partial charge in [0.15, 0.2) is 11.5 Å². The SMILES string of the molecule is CCOC(=O)CC(NC(=O)c1ccc(OCC)c(OCC)c1)c1cccc(OC)c1. The molecule has 2 aromatic carbocycles. The lowest BCUT2D eigenvalue weighted by molar-refractivity contribution is -0.143. The van der Waals surface area contributed by atoms with E-state index in [-0.39, 0.29) is 18.9 Å². The molecule has 0 aliphatic carbocycles. The van der Waals surface area contributed by atoms with E-state index in [4.69, 9.17) is 18.9 Å². The van der Waals surface area contributed by atoms with Gasteiger partial charge in [-0.25, -0.2) is 0 Å². The lowest BCUT2D eigenvalue weighted by atomic mass is 10.0. The Morgan fingerprint density at radius 3 is 2.33 bits per heavy atom. The van der Waals surface area contributed by atoms with E-state index in [1.54, 1.807) is 44.4 Å². The summed E-state index contributed by atoms with van der Waals surface area (Å²) in [4.78, 5) is 25.1. The Balaban J connectivity index is 2.28. The molecule has 7 nitrogen and oxygen atoms in total. The molecule has 0 bridgehead atoms. The lowest BCUT2D eigenvalue weighted by Crippen LogP contribution is -2.30. The molecule has 0 aliphatic heterocycles. The van der Waals surface area contributed by atoms with Crippen molar-refractivity contribution in [3.63, 3.8) is 0 Å². The number of rotatable bonds is 11. The van der Waals surface area contributed by atoms with Crippen molar-refractivity contribution in [1.29, 1.82) is 0 Å². The van der Waals surface area contributed by atoms with E-state index >= 15 is 0 Å². The van der Waals surface area contributed by atoms with Crippen LogP contribution in [0.3, 0.4) is 0 Å². The number of amides is 1. The van der Waals surface area contributed by atoms with Crippen LogP contribution in [0, 0.1) is 0 Å². The third-order valence-electron chi connectivity index (χ3n) is 4.28. The molecule has 0 aliphatic rings. The zero-order chi connectivity index (χ0) is 21.9. The number of methoxy groups -OCH3 is 1. The van der Waals surface area contributed by atoms with Crippen molar-refractivity contribution in [2.75, 3.05) is 26.9 Å². The first kappa shape index (κ1) is 23.1. The quantitative estimate of drug-likeness (QED) is 0.560. The van der Waals surface area contributed by atoms with Crippen LogP contribution in [0.2, 0.25) is 0 Å². The molecule has 30 heavy (non-hydrogen) atoms. The fourth-order valence-corrected chi connectivity index (χ4v) is 2.93. The molecule has 2 aromatic rings. The van der Waals surface area contributed by atoms with Crippen LogP contribution < -0.4 is 19.5 Å². The molecule has 2 rings (SSSR count). The summed E-state index contributed by atoms with van der Waals surface area (Å²) in [6.45, 7) is 6.69. The molecule has 0 radical (unpaired) electrons. The maximum Gasteiger partial charge on any atom is 0.308 e. The second-order valence-electron chi connectivity index (χ2n) is 6.34. The molecule has 0 heterocycles. The highest BCUT2D eigenvalue weighted by Gasteiger charge is 2.21. The molecule has 1 N–H and O–H groups in total. The van der Waals surface area contributed by atoms with E-state index in [2.05, 4.69) is 5.32 Å². The molecule has 0 fully saturated rings. The van der Waals surface area contributed by atoms with Crippen molar-refractivity contribution in [3.8, 4) is 17.2 Å². The van der Waals surface area contributed by atoms with E-state index in [9.17, 15) is 9.59 Å². The van der Waals surface area contributed by atoms with Gasteiger partial charge in [0, 0.05) is 5.56 Å². The zero-order valence-electron chi connectivity index (χ0n) is 17.9. The topological polar surface area (TPSA) is 83.1 Å². The summed E-state index contributed by atoms with van der Waals surface area (Å²) in [5, 5.41) is 2.92. The number of ether oxygens (including phenoxy) is 4. The standard InChI is InChI=1S/C23H29NO6/c1-5-28-20-12-11-17(14-21(20)29-6-2)23(26)24-19(15-22(25)30-7-3)16-9-8-10-18(13-16)27-4/h8-14,19H,5-7,15H2,1-4H3,(H,24,26). The van der Waals surface area contributed by atoms with Gasteiger partial charge >= 0.3 is 5.97 Å². The smallest absolute Gasteiger partial charge is 0.308 e. The molecule has 0 spiro atoms. The Kier molecular flexibility index (Phi) is 9.00. The fourth-order valence-electron chi connectivity index (χ4n) is 2.93. The molecule has 0 saturated carbocycles. The maximum absolute atomic E-state index is 13.0. The van der Waals surface area contributed by atoms with E-state index in [0.717, 1.165) is 5.56 Å². The van der Waals surface area contributed by atoms with Crippen LogP contribution in [0.5, 0.6) is 17.2 Å². The molecular formula is C23H29NO6. The summed E-state index contributed by atoms with van der Waals surface area (Å²) in [6, 6.07) is 11.6. The highest BCUT2D eigenvalue weighted by Crippen LogP contribution is 2.29. The van der Waals surface area contributed by atoms with Crippen molar-refractivity contribution in [2.24, 2.45) is 0 Å². The normalized spacial score (nSPS) is 11.3. The second-order valence-corrected chi connectivity index (χ2v) is 6.34. The largest absolute Gasteiger partial charge is 0.497 e. The number of benzene rings is 2. The van der Waals surface area contributed by atoms with Gasteiger partial charge in [-0.1, -0.05) is 12.1 Å². The molecule has 1 amide bonds. The van der Waals surface area contributed by atoms with Gasteiger partial charge in [-0.15, -0.1) is 0 Å². The number of esters is 1. The number of carbonyl (C=O) groups excluding carboxylic acids is 2. The monoisotopic (exact) mass is 415 g/mol. The van der Waals surface area contributed by atoms with E-state index in [0.29, 0.717) is 36.0 Å². The third kappa shape index (κ3) is 6.40. The van der Waals surface area contributed by atoms with Gasteiger partial charge in [-0.3, -0.25) is 9.59 Å². The van der Waals surface area contributed by atoms with Crippen molar-refractivity contribution < 1.29 is 28.5 Å². The summed E-state index contributed by atoms with van der Waals surface area (Å²) in [5.74, 6) is 0.973. The minimum absolute atomic E-state index is 0.00208. The lowest BCUT2D eigenvalue weighted by Gasteiger charge is -2.20. The van der Waals surface area contributed by atoms with E-state index in [1.807, 2.05) is 26.0 Å². The summed E-state index contributed by atoms with van der Waals surface area (Å²) < 4.78 is 21.5. The Labute approximate surface area is 177 Å². The average molecular weight is 415 g/mol. The van der Waals surface area contributed by atoms with Crippen LogP contribution in [0.25, 0.3) is 0 Å². The second kappa shape index (κ2) is 11.7. The van der Waals surface area contributed by atoms with Gasteiger partial charge in [0.1, 0.15) is 5.75 Å². The highest BCUT2D eigenvalue weighted by molar-refractivity contribution is 5.95. The highest BCUT2D eigenvalue weighted by atomic mass is 16.5. The van der Waals surface area contributed by atoms with Crippen LogP contribution in [0.1, 0.15) is 49.2 Å². The minimum atomic E-state index is -0.575. The molecule has 162 valence electrons. The molecule has 7 heteroatoms. The summed E-state index contributed by atoms with van der Waals surface area (Å²) in [5.41, 5.74) is 1.14. The minimum Gasteiger partial charge on any atom is -0.497 e. The van der Waals surface area contributed by atoms with Crippen LogP contribution in [-0.4, -0.2) is 38.8 Å². The molecule has 0 saturated heterocycles. The van der Waals surface area contributed by atoms with Crippen LogP contribution in [0.15, 0.2) is 42.5 Å². The van der Waals surface area contributed by atoms with E-state index in [1.165, 1.54) is 0 Å². The predicted octanol–water partition coefficient (Wildman–Crippen LogP) is 3.92. The summed E-state index contributed by atoms with van der Waals surface area (Å²) in [7, 11) is 1.56. The van der Waals surface area contributed by atoms with Gasteiger partial charge in [0.05, 0.1) is 39.4 Å². The number of carbonyl (C=O) groups is 2. The Morgan fingerprint density at radius 2 is 1.67 bits per heavy atom. The van der Waals surface area contributed by atoms with Gasteiger partial charge in [-0.05, 0) is 56.7 Å². The van der Waals surface area contributed by atoms with E-state index < -0.39 is 12.0 Å². The first-order valence-corrected chi connectivity index (χ1v) is 10.0. The molecule has 1 atom stereocenters. The van der Waals surface area contributed by atoms with Gasteiger partial charge in [0.25, 0.3) is 5.91 Å². The van der Waals surface area contributed by atoms with Crippen molar-refractivity contribution >= 4 is 11.9 Å². The van der Waals surface area contributed by atoms with Crippen molar-refractivity contribution in [2.45, 2.75) is 33.2 Å². The Bertz CT molecular complexity index is 851. The van der Waals surface area contributed by atoms with Gasteiger partial charge in [-0.2, -0.15) is 0 Å².